The minimum Gasteiger partial charge on any atom is -0.325 e. The smallest absolute Gasteiger partial charge is 0.258 e. The Morgan fingerprint density at radius 3 is 2.38 bits per heavy atom. The van der Waals surface area contributed by atoms with E-state index in [9.17, 15) is 9.59 Å². The monoisotopic (exact) mass is 323 g/mol. The van der Waals surface area contributed by atoms with E-state index in [0.29, 0.717) is 17.8 Å². The van der Waals surface area contributed by atoms with Crippen molar-refractivity contribution in [3.63, 3.8) is 0 Å². The van der Waals surface area contributed by atoms with Crippen molar-refractivity contribution in [3.05, 3.63) is 72.8 Å². The number of carbonyl (C=O) groups is 2. The van der Waals surface area contributed by atoms with Crippen LogP contribution in [0.1, 0.15) is 10.4 Å². The molecule has 0 aliphatic carbocycles. The number of rotatable bonds is 7. The lowest BCUT2D eigenvalue weighted by molar-refractivity contribution is -0.115. The second-order valence-electron chi connectivity index (χ2n) is 5.24. The average Bonchev–Trinajstić information content (AvgIpc) is 2.62. The molecule has 2 rings (SSSR count). The molecule has 0 atom stereocenters. The highest BCUT2D eigenvalue weighted by Crippen LogP contribution is 2.16. The third-order valence-corrected chi connectivity index (χ3v) is 3.44. The van der Waals surface area contributed by atoms with Gasteiger partial charge in [0.05, 0.1) is 6.54 Å². The predicted molar refractivity (Wildman–Crippen MR) is 97.3 cm³/mol. The predicted octanol–water partition coefficient (Wildman–Crippen LogP) is 2.68. The molecule has 2 aromatic carbocycles. The van der Waals surface area contributed by atoms with Crippen LogP contribution in [0.15, 0.2) is 67.3 Å². The molecule has 0 fully saturated rings. The molecule has 0 unspecified atom stereocenters. The Morgan fingerprint density at radius 2 is 1.75 bits per heavy atom. The molecule has 0 heterocycles. The van der Waals surface area contributed by atoms with Crippen LogP contribution >= 0.6 is 0 Å². The van der Waals surface area contributed by atoms with Gasteiger partial charge in [0.2, 0.25) is 5.91 Å². The van der Waals surface area contributed by atoms with Gasteiger partial charge in [0.15, 0.2) is 0 Å². The third kappa shape index (κ3) is 4.79. The van der Waals surface area contributed by atoms with Crippen LogP contribution in [0.2, 0.25) is 0 Å². The third-order valence-electron chi connectivity index (χ3n) is 3.44. The Morgan fingerprint density at radius 1 is 1.08 bits per heavy atom. The van der Waals surface area contributed by atoms with E-state index >= 15 is 0 Å². The highest BCUT2D eigenvalue weighted by atomic mass is 16.2. The van der Waals surface area contributed by atoms with Crippen LogP contribution in [0, 0.1) is 0 Å². The van der Waals surface area contributed by atoms with Crippen LogP contribution < -0.4 is 15.5 Å². The number of nitrogens with one attached hydrogen (secondary N) is 2. The zero-order valence-electron chi connectivity index (χ0n) is 13.7. The Hall–Kier alpha value is -2.92. The highest BCUT2D eigenvalue weighted by molar-refractivity contribution is 6.06. The molecule has 24 heavy (non-hydrogen) atoms. The van der Waals surface area contributed by atoms with Gasteiger partial charge in [-0.25, -0.2) is 0 Å². The van der Waals surface area contributed by atoms with Crippen LogP contribution in [0.25, 0.3) is 0 Å². The molecule has 2 N–H and O–H groups in total. The van der Waals surface area contributed by atoms with Crippen LogP contribution in [-0.4, -0.2) is 32.0 Å². The van der Waals surface area contributed by atoms with E-state index in [2.05, 4.69) is 17.2 Å². The van der Waals surface area contributed by atoms with Gasteiger partial charge in [0.25, 0.3) is 5.91 Å². The van der Waals surface area contributed by atoms with Crippen molar-refractivity contribution in [2.75, 3.05) is 30.4 Å². The minimum atomic E-state index is -0.141. The second kappa shape index (κ2) is 8.64. The SMILES string of the molecule is C=CCNCC(=O)Nc1ccc(C(=O)N(C)c2ccccc2)cc1. The van der Waals surface area contributed by atoms with Crippen molar-refractivity contribution in [2.24, 2.45) is 0 Å². The first-order chi connectivity index (χ1) is 11.6. The Kier molecular flexibility index (Phi) is 6.28. The maximum atomic E-state index is 12.5. The van der Waals surface area contributed by atoms with Gasteiger partial charge in [0.1, 0.15) is 0 Å². The molecular weight excluding hydrogens is 302 g/mol. The zero-order valence-corrected chi connectivity index (χ0v) is 13.7. The molecule has 0 saturated carbocycles. The van der Waals surface area contributed by atoms with Crippen molar-refractivity contribution < 1.29 is 9.59 Å². The molecule has 0 aliphatic heterocycles. The molecule has 0 aromatic heterocycles. The number of nitrogens with zero attached hydrogens (tertiary/aromatic N) is 1. The maximum absolute atomic E-state index is 12.5. The molecule has 124 valence electrons. The lowest BCUT2D eigenvalue weighted by Gasteiger charge is -2.17. The quantitative estimate of drug-likeness (QED) is 0.608. The molecule has 0 spiro atoms. The first-order valence-electron chi connectivity index (χ1n) is 7.66. The van der Waals surface area contributed by atoms with E-state index in [1.807, 2.05) is 30.3 Å². The normalized spacial score (nSPS) is 10.0. The first kappa shape index (κ1) is 17.4. The Labute approximate surface area is 142 Å². The van der Waals surface area contributed by atoms with Crippen molar-refractivity contribution >= 4 is 23.2 Å². The summed E-state index contributed by atoms with van der Waals surface area (Å²) in [5.74, 6) is -0.246. The largest absolute Gasteiger partial charge is 0.325 e. The highest BCUT2D eigenvalue weighted by Gasteiger charge is 2.13. The minimum absolute atomic E-state index is 0.105. The molecule has 5 nitrogen and oxygen atoms in total. The first-order valence-corrected chi connectivity index (χ1v) is 7.66. The molecule has 0 saturated heterocycles. The van der Waals surface area contributed by atoms with Gasteiger partial charge in [0, 0.05) is 30.5 Å². The van der Waals surface area contributed by atoms with E-state index in [-0.39, 0.29) is 18.4 Å². The number of hydrogen-bond donors (Lipinski definition) is 2. The maximum Gasteiger partial charge on any atom is 0.258 e. The van der Waals surface area contributed by atoms with Gasteiger partial charge < -0.3 is 15.5 Å². The fraction of sp³-hybridized carbons (Fsp3) is 0.158. The Bertz CT molecular complexity index is 696. The fourth-order valence-corrected chi connectivity index (χ4v) is 2.15. The summed E-state index contributed by atoms with van der Waals surface area (Å²) in [6, 6.07) is 16.3. The Balaban J connectivity index is 1.97. The number of para-hydroxylation sites is 1. The fourth-order valence-electron chi connectivity index (χ4n) is 2.15. The summed E-state index contributed by atoms with van der Waals surface area (Å²) in [5.41, 5.74) is 2.04. The van der Waals surface area contributed by atoms with Gasteiger partial charge in [-0.05, 0) is 36.4 Å². The number of hydrogen-bond acceptors (Lipinski definition) is 3. The van der Waals surface area contributed by atoms with Crippen molar-refractivity contribution in [1.82, 2.24) is 5.32 Å². The lowest BCUT2D eigenvalue weighted by atomic mass is 10.1. The summed E-state index contributed by atoms with van der Waals surface area (Å²) in [6.07, 6.45) is 1.69. The van der Waals surface area contributed by atoms with E-state index in [1.165, 1.54) is 0 Å². The molecule has 2 aromatic rings. The molecule has 5 heteroatoms. The average molecular weight is 323 g/mol. The number of amides is 2. The van der Waals surface area contributed by atoms with E-state index in [1.54, 1.807) is 42.3 Å². The van der Waals surface area contributed by atoms with Crippen LogP contribution in [0.5, 0.6) is 0 Å². The topological polar surface area (TPSA) is 61.4 Å². The number of benzene rings is 2. The summed E-state index contributed by atoms with van der Waals surface area (Å²) in [5, 5.41) is 5.69. The van der Waals surface area contributed by atoms with Gasteiger partial charge in [-0.2, -0.15) is 0 Å². The molecule has 0 aliphatic rings. The van der Waals surface area contributed by atoms with Gasteiger partial charge >= 0.3 is 0 Å². The summed E-state index contributed by atoms with van der Waals surface area (Å²) < 4.78 is 0. The number of carbonyl (C=O) groups excluding carboxylic acids is 2. The summed E-state index contributed by atoms with van der Waals surface area (Å²) >= 11 is 0. The molecule has 2 amide bonds. The van der Waals surface area contributed by atoms with Crippen LogP contribution in [-0.2, 0) is 4.79 Å². The molecular formula is C19H21N3O2. The standard InChI is InChI=1S/C19H21N3O2/c1-3-13-20-14-18(23)21-16-11-9-15(10-12-16)19(24)22(2)17-7-5-4-6-8-17/h3-12,20H,1,13-14H2,2H3,(H,21,23). The van der Waals surface area contributed by atoms with Crippen LogP contribution in [0.3, 0.4) is 0 Å². The number of anilines is 2. The van der Waals surface area contributed by atoms with Crippen molar-refractivity contribution in [2.45, 2.75) is 0 Å². The lowest BCUT2D eigenvalue weighted by Crippen LogP contribution is -2.28. The summed E-state index contributed by atoms with van der Waals surface area (Å²) in [7, 11) is 1.73. The molecule has 0 bridgehead atoms. The van der Waals surface area contributed by atoms with E-state index in [0.717, 1.165) is 5.69 Å². The molecule has 0 radical (unpaired) electrons. The van der Waals surface area contributed by atoms with E-state index in [4.69, 9.17) is 0 Å². The van der Waals surface area contributed by atoms with Crippen molar-refractivity contribution in [3.8, 4) is 0 Å². The van der Waals surface area contributed by atoms with E-state index < -0.39 is 0 Å². The van der Waals surface area contributed by atoms with Crippen molar-refractivity contribution in [1.29, 1.82) is 0 Å². The van der Waals surface area contributed by atoms with Crippen LogP contribution in [0.4, 0.5) is 11.4 Å². The van der Waals surface area contributed by atoms with Gasteiger partial charge in [-0.15, -0.1) is 6.58 Å². The zero-order chi connectivity index (χ0) is 17.4. The van der Waals surface area contributed by atoms with Gasteiger partial charge in [-0.1, -0.05) is 24.3 Å². The summed E-state index contributed by atoms with van der Waals surface area (Å²) in [4.78, 5) is 25.8. The second-order valence-corrected chi connectivity index (χ2v) is 5.24. The van der Waals surface area contributed by atoms with Gasteiger partial charge in [-0.3, -0.25) is 9.59 Å². The summed E-state index contributed by atoms with van der Waals surface area (Å²) in [6.45, 7) is 4.36.